The predicted octanol–water partition coefficient (Wildman–Crippen LogP) is 2.41. The first kappa shape index (κ1) is 14.0. The Hall–Kier alpha value is -2.37. The van der Waals surface area contributed by atoms with Gasteiger partial charge in [-0.1, -0.05) is 13.0 Å². The van der Waals surface area contributed by atoms with Crippen LogP contribution in [-0.2, 0) is 9.53 Å². The summed E-state index contributed by atoms with van der Waals surface area (Å²) in [5.41, 5.74) is 2.67. The Balaban J connectivity index is 2.27. The second-order valence-electron chi connectivity index (χ2n) is 4.40. The second-order valence-corrected chi connectivity index (χ2v) is 4.40. The van der Waals surface area contributed by atoms with Gasteiger partial charge in [-0.05, 0) is 31.0 Å². The third-order valence-corrected chi connectivity index (χ3v) is 3.07. The summed E-state index contributed by atoms with van der Waals surface area (Å²) in [5.74, 6) is 0.161. The monoisotopic (exact) mass is 275 g/mol. The van der Waals surface area contributed by atoms with Crippen LogP contribution in [0.2, 0.25) is 0 Å². The number of nitrogens with zero attached hydrogens (tertiary/aromatic N) is 2. The molecule has 1 aromatic carbocycles. The minimum Gasteiger partial charge on any atom is -0.467 e. The molecule has 1 unspecified atom stereocenters. The number of hydrogen-bond donors (Lipinski definition) is 1. The first-order valence-corrected chi connectivity index (χ1v) is 6.37. The summed E-state index contributed by atoms with van der Waals surface area (Å²) in [6, 6.07) is 5.34. The minimum absolute atomic E-state index is 0.282. The van der Waals surface area contributed by atoms with Crippen LogP contribution >= 0.6 is 0 Å². The van der Waals surface area contributed by atoms with E-state index in [0.29, 0.717) is 12.3 Å². The van der Waals surface area contributed by atoms with Crippen molar-refractivity contribution >= 4 is 11.7 Å². The molecular formula is C14H17N3O3. The van der Waals surface area contributed by atoms with E-state index in [1.165, 1.54) is 13.5 Å². The lowest BCUT2D eigenvalue weighted by molar-refractivity contribution is -0.141. The number of nitrogens with one attached hydrogen (secondary N) is 1. The Morgan fingerprint density at radius 1 is 1.50 bits per heavy atom. The summed E-state index contributed by atoms with van der Waals surface area (Å²) in [4.78, 5) is 11.6. The summed E-state index contributed by atoms with van der Waals surface area (Å²) in [6.45, 7) is 3.88. The highest BCUT2D eigenvalue weighted by molar-refractivity contribution is 5.80. The lowest BCUT2D eigenvalue weighted by atomic mass is 10.1. The van der Waals surface area contributed by atoms with Gasteiger partial charge >= 0.3 is 5.97 Å². The molecule has 0 saturated heterocycles. The molecule has 6 heteroatoms. The molecule has 0 aliphatic heterocycles. The molecule has 0 spiro atoms. The van der Waals surface area contributed by atoms with Gasteiger partial charge in [0, 0.05) is 11.3 Å². The van der Waals surface area contributed by atoms with E-state index in [2.05, 4.69) is 15.5 Å². The molecule has 1 heterocycles. The molecule has 0 aliphatic carbocycles. The Bertz CT molecular complexity index is 581. The van der Waals surface area contributed by atoms with Crippen LogP contribution in [0, 0.1) is 6.92 Å². The molecular weight excluding hydrogens is 258 g/mol. The maximum atomic E-state index is 11.6. The normalized spacial score (nSPS) is 11.9. The van der Waals surface area contributed by atoms with E-state index in [1.54, 1.807) is 0 Å². The van der Waals surface area contributed by atoms with Crippen LogP contribution in [0.3, 0.4) is 0 Å². The first-order chi connectivity index (χ1) is 9.65. The third-order valence-electron chi connectivity index (χ3n) is 3.07. The molecule has 1 aromatic heterocycles. The van der Waals surface area contributed by atoms with Crippen molar-refractivity contribution < 1.29 is 13.9 Å². The van der Waals surface area contributed by atoms with Crippen molar-refractivity contribution in [2.75, 3.05) is 12.4 Å². The third kappa shape index (κ3) is 2.96. The highest BCUT2D eigenvalue weighted by Crippen LogP contribution is 2.24. The number of benzene rings is 1. The van der Waals surface area contributed by atoms with Crippen LogP contribution in [-0.4, -0.2) is 29.3 Å². The van der Waals surface area contributed by atoms with Crippen molar-refractivity contribution in [1.82, 2.24) is 10.2 Å². The van der Waals surface area contributed by atoms with Crippen molar-refractivity contribution in [2.24, 2.45) is 0 Å². The zero-order valence-electron chi connectivity index (χ0n) is 11.7. The van der Waals surface area contributed by atoms with Gasteiger partial charge in [0.1, 0.15) is 6.04 Å². The largest absolute Gasteiger partial charge is 0.467 e. The van der Waals surface area contributed by atoms with Crippen molar-refractivity contribution in [3.8, 4) is 11.5 Å². The molecule has 0 fully saturated rings. The SMILES string of the molecule is CCC(Nc1cc(-c2nnco2)ccc1C)C(=O)OC. The summed E-state index contributed by atoms with van der Waals surface area (Å²) in [6.07, 6.45) is 1.92. The average molecular weight is 275 g/mol. The van der Waals surface area contributed by atoms with E-state index in [-0.39, 0.29) is 12.0 Å². The highest BCUT2D eigenvalue weighted by atomic mass is 16.5. The van der Waals surface area contributed by atoms with E-state index in [1.807, 2.05) is 32.0 Å². The standard InChI is InChI=1S/C14H17N3O3/c1-4-11(14(18)19-3)16-12-7-10(6-5-9(12)2)13-17-15-8-20-13/h5-8,11,16H,4H2,1-3H3. The summed E-state index contributed by atoms with van der Waals surface area (Å²) >= 11 is 0. The zero-order valence-corrected chi connectivity index (χ0v) is 11.7. The highest BCUT2D eigenvalue weighted by Gasteiger charge is 2.18. The maximum Gasteiger partial charge on any atom is 0.328 e. The van der Waals surface area contributed by atoms with Crippen molar-refractivity contribution in [2.45, 2.75) is 26.3 Å². The summed E-state index contributed by atoms with van der Waals surface area (Å²) in [7, 11) is 1.38. The number of aromatic nitrogens is 2. The van der Waals surface area contributed by atoms with Gasteiger partial charge in [0.05, 0.1) is 7.11 Å². The minimum atomic E-state index is -0.378. The molecule has 1 N–H and O–H groups in total. The molecule has 2 aromatic rings. The van der Waals surface area contributed by atoms with Gasteiger partial charge in [0.25, 0.3) is 0 Å². The van der Waals surface area contributed by atoms with Crippen LogP contribution in [0.4, 0.5) is 5.69 Å². The topological polar surface area (TPSA) is 77.3 Å². The fourth-order valence-electron chi connectivity index (χ4n) is 1.87. The smallest absolute Gasteiger partial charge is 0.328 e. The lowest BCUT2D eigenvalue weighted by Gasteiger charge is -2.17. The molecule has 106 valence electrons. The number of aryl methyl sites for hydroxylation is 1. The van der Waals surface area contributed by atoms with Gasteiger partial charge in [-0.2, -0.15) is 0 Å². The number of carbonyl (C=O) groups excluding carboxylic acids is 1. The number of ether oxygens (including phenoxy) is 1. The van der Waals surface area contributed by atoms with Crippen LogP contribution in [0.5, 0.6) is 0 Å². The van der Waals surface area contributed by atoms with Crippen molar-refractivity contribution in [3.05, 3.63) is 30.2 Å². The van der Waals surface area contributed by atoms with Crippen LogP contribution < -0.4 is 5.32 Å². The predicted molar refractivity (Wildman–Crippen MR) is 74.2 cm³/mol. The quantitative estimate of drug-likeness (QED) is 0.844. The van der Waals surface area contributed by atoms with E-state index < -0.39 is 0 Å². The molecule has 0 radical (unpaired) electrons. The fraction of sp³-hybridized carbons (Fsp3) is 0.357. The van der Waals surface area contributed by atoms with Crippen LogP contribution in [0.1, 0.15) is 18.9 Å². The Morgan fingerprint density at radius 2 is 2.30 bits per heavy atom. The molecule has 0 aliphatic rings. The summed E-state index contributed by atoms with van der Waals surface area (Å²) < 4.78 is 9.95. The number of hydrogen-bond acceptors (Lipinski definition) is 6. The molecule has 0 saturated carbocycles. The van der Waals surface area contributed by atoms with Gasteiger partial charge in [-0.3, -0.25) is 0 Å². The van der Waals surface area contributed by atoms with Gasteiger partial charge in [-0.25, -0.2) is 4.79 Å². The molecule has 2 rings (SSSR count). The number of esters is 1. The van der Waals surface area contributed by atoms with Crippen LogP contribution in [0.15, 0.2) is 29.0 Å². The van der Waals surface area contributed by atoms with E-state index in [0.717, 1.165) is 16.8 Å². The van der Waals surface area contributed by atoms with E-state index in [4.69, 9.17) is 9.15 Å². The Kier molecular flexibility index (Phi) is 4.34. The second kappa shape index (κ2) is 6.18. The molecule has 0 amide bonds. The molecule has 20 heavy (non-hydrogen) atoms. The lowest BCUT2D eigenvalue weighted by Crippen LogP contribution is -2.30. The molecule has 0 bridgehead atoms. The van der Waals surface area contributed by atoms with Gasteiger partial charge in [-0.15, -0.1) is 10.2 Å². The number of carbonyl (C=O) groups is 1. The number of methoxy groups -OCH3 is 1. The van der Waals surface area contributed by atoms with E-state index >= 15 is 0 Å². The fourth-order valence-corrected chi connectivity index (χ4v) is 1.87. The maximum absolute atomic E-state index is 11.6. The molecule has 1 atom stereocenters. The first-order valence-electron chi connectivity index (χ1n) is 6.37. The van der Waals surface area contributed by atoms with Crippen molar-refractivity contribution in [1.29, 1.82) is 0 Å². The van der Waals surface area contributed by atoms with Gasteiger partial charge in [0.15, 0.2) is 0 Å². The number of rotatable bonds is 5. The van der Waals surface area contributed by atoms with Gasteiger partial charge < -0.3 is 14.5 Å². The molecule has 6 nitrogen and oxygen atoms in total. The Labute approximate surface area is 117 Å². The van der Waals surface area contributed by atoms with Crippen LogP contribution in [0.25, 0.3) is 11.5 Å². The zero-order chi connectivity index (χ0) is 14.5. The van der Waals surface area contributed by atoms with Crippen molar-refractivity contribution in [3.63, 3.8) is 0 Å². The Morgan fingerprint density at radius 3 is 2.90 bits per heavy atom. The number of anilines is 1. The summed E-state index contributed by atoms with van der Waals surface area (Å²) in [5, 5.41) is 10.7. The van der Waals surface area contributed by atoms with Gasteiger partial charge in [0.2, 0.25) is 12.3 Å². The average Bonchev–Trinajstić information content (AvgIpc) is 2.99. The van der Waals surface area contributed by atoms with E-state index in [9.17, 15) is 4.79 Å².